The van der Waals surface area contributed by atoms with E-state index in [2.05, 4.69) is 9.62 Å². The molecule has 0 amide bonds. The van der Waals surface area contributed by atoms with Crippen molar-refractivity contribution in [3.63, 3.8) is 0 Å². The lowest BCUT2D eigenvalue weighted by Gasteiger charge is -2.34. The molecule has 0 spiro atoms. The highest BCUT2D eigenvalue weighted by molar-refractivity contribution is 7.89. The Balaban J connectivity index is 1.71. The van der Waals surface area contributed by atoms with Gasteiger partial charge in [-0.15, -0.1) is 0 Å². The highest BCUT2D eigenvalue weighted by Gasteiger charge is 2.26. The monoisotopic (exact) mass is 336 g/mol. The maximum absolute atomic E-state index is 12.3. The molecule has 2 aromatic rings. The summed E-state index contributed by atoms with van der Waals surface area (Å²) in [5, 5.41) is -0.0454. The summed E-state index contributed by atoms with van der Waals surface area (Å²) in [7, 11) is -1.97. The van der Waals surface area contributed by atoms with Crippen LogP contribution in [-0.4, -0.2) is 34.7 Å². The molecule has 0 radical (unpaired) electrons. The van der Waals surface area contributed by atoms with E-state index < -0.39 is 10.0 Å². The predicted molar refractivity (Wildman–Crippen MR) is 87.3 cm³/mol. The van der Waals surface area contributed by atoms with Crippen molar-refractivity contribution in [2.24, 2.45) is 0 Å². The first-order valence-corrected chi connectivity index (χ1v) is 9.01. The van der Waals surface area contributed by atoms with Crippen LogP contribution in [0.1, 0.15) is 12.8 Å². The van der Waals surface area contributed by atoms with Gasteiger partial charge in [0.2, 0.25) is 5.09 Å². The number of anilines is 1. The first kappa shape index (κ1) is 15.9. The van der Waals surface area contributed by atoms with Crippen LogP contribution < -0.4 is 14.4 Å². The lowest BCUT2D eigenvalue weighted by molar-refractivity contribution is 0.413. The van der Waals surface area contributed by atoms with Crippen molar-refractivity contribution < 1.29 is 17.6 Å². The van der Waals surface area contributed by atoms with E-state index in [0.717, 1.165) is 30.8 Å². The van der Waals surface area contributed by atoms with Crippen LogP contribution in [0.25, 0.3) is 0 Å². The molecule has 1 aliphatic heterocycles. The molecule has 1 aromatic carbocycles. The SMILES string of the molecule is COc1cccc(N2CCC[C@@H](NS(=O)(=O)c3ccco3)C2)c1. The van der Waals surface area contributed by atoms with E-state index in [9.17, 15) is 8.42 Å². The minimum absolute atomic E-state index is 0.0454. The van der Waals surface area contributed by atoms with E-state index in [1.807, 2.05) is 24.3 Å². The van der Waals surface area contributed by atoms with Crippen LogP contribution in [0, 0.1) is 0 Å². The van der Waals surface area contributed by atoms with Gasteiger partial charge in [0.1, 0.15) is 5.75 Å². The number of piperidine rings is 1. The minimum atomic E-state index is -3.60. The van der Waals surface area contributed by atoms with Crippen molar-refractivity contribution in [1.29, 1.82) is 0 Å². The van der Waals surface area contributed by atoms with Gasteiger partial charge in [-0.1, -0.05) is 6.07 Å². The number of sulfonamides is 1. The molecule has 1 N–H and O–H groups in total. The Kier molecular flexibility index (Phi) is 4.58. The zero-order valence-electron chi connectivity index (χ0n) is 12.9. The summed E-state index contributed by atoms with van der Waals surface area (Å²) in [6.45, 7) is 1.51. The van der Waals surface area contributed by atoms with Gasteiger partial charge in [-0.25, -0.2) is 13.1 Å². The van der Waals surface area contributed by atoms with Crippen LogP contribution in [0.5, 0.6) is 5.75 Å². The quantitative estimate of drug-likeness (QED) is 0.906. The van der Waals surface area contributed by atoms with Crippen LogP contribution in [0.4, 0.5) is 5.69 Å². The second-order valence-electron chi connectivity index (χ2n) is 5.54. The van der Waals surface area contributed by atoms with E-state index in [1.54, 1.807) is 13.2 Å². The van der Waals surface area contributed by atoms with Crippen LogP contribution >= 0.6 is 0 Å². The van der Waals surface area contributed by atoms with Gasteiger partial charge >= 0.3 is 0 Å². The van der Waals surface area contributed by atoms with E-state index in [-0.39, 0.29) is 11.1 Å². The van der Waals surface area contributed by atoms with Gasteiger partial charge in [-0.2, -0.15) is 0 Å². The molecule has 3 rings (SSSR count). The number of ether oxygens (including phenoxy) is 1. The van der Waals surface area contributed by atoms with Crippen molar-refractivity contribution in [3.05, 3.63) is 42.7 Å². The summed E-state index contributed by atoms with van der Waals surface area (Å²) in [6.07, 6.45) is 3.08. The van der Waals surface area contributed by atoms with Gasteiger partial charge in [0, 0.05) is 30.9 Å². The predicted octanol–water partition coefficient (Wildman–Crippen LogP) is 2.24. The third-order valence-corrected chi connectivity index (χ3v) is 5.33. The van der Waals surface area contributed by atoms with Crippen molar-refractivity contribution in [1.82, 2.24) is 4.72 Å². The molecule has 0 unspecified atom stereocenters. The fourth-order valence-electron chi connectivity index (χ4n) is 2.81. The number of rotatable bonds is 5. The van der Waals surface area contributed by atoms with Crippen molar-refractivity contribution in [2.45, 2.75) is 24.0 Å². The van der Waals surface area contributed by atoms with Crippen LogP contribution in [0.15, 0.2) is 52.2 Å². The van der Waals surface area contributed by atoms with E-state index in [0.29, 0.717) is 6.54 Å². The van der Waals surface area contributed by atoms with E-state index >= 15 is 0 Å². The largest absolute Gasteiger partial charge is 0.497 e. The van der Waals surface area contributed by atoms with Crippen LogP contribution in [0.2, 0.25) is 0 Å². The normalized spacial score (nSPS) is 18.8. The van der Waals surface area contributed by atoms with Crippen molar-refractivity contribution in [3.8, 4) is 5.75 Å². The molecule has 7 heteroatoms. The first-order valence-electron chi connectivity index (χ1n) is 7.53. The van der Waals surface area contributed by atoms with Crippen LogP contribution in [-0.2, 0) is 10.0 Å². The highest BCUT2D eigenvalue weighted by atomic mass is 32.2. The zero-order valence-corrected chi connectivity index (χ0v) is 13.8. The molecule has 1 aromatic heterocycles. The Bertz CT molecular complexity index is 743. The maximum atomic E-state index is 12.3. The summed E-state index contributed by atoms with van der Waals surface area (Å²) in [6, 6.07) is 10.7. The average molecular weight is 336 g/mol. The lowest BCUT2D eigenvalue weighted by Crippen LogP contribution is -2.47. The second kappa shape index (κ2) is 6.64. The highest BCUT2D eigenvalue weighted by Crippen LogP contribution is 2.24. The molecule has 6 nitrogen and oxygen atoms in total. The average Bonchev–Trinajstić information content (AvgIpc) is 3.10. The van der Waals surface area contributed by atoms with E-state index in [4.69, 9.17) is 9.15 Å². The maximum Gasteiger partial charge on any atom is 0.274 e. The Hall–Kier alpha value is -1.99. The van der Waals surface area contributed by atoms with Gasteiger partial charge in [-0.3, -0.25) is 0 Å². The van der Waals surface area contributed by atoms with E-state index in [1.165, 1.54) is 12.3 Å². The second-order valence-corrected chi connectivity index (χ2v) is 7.18. The minimum Gasteiger partial charge on any atom is -0.497 e. The number of nitrogens with zero attached hydrogens (tertiary/aromatic N) is 1. The molecule has 2 heterocycles. The van der Waals surface area contributed by atoms with Gasteiger partial charge in [-0.05, 0) is 37.1 Å². The number of hydrogen-bond acceptors (Lipinski definition) is 5. The summed E-state index contributed by atoms with van der Waals surface area (Å²) >= 11 is 0. The molecule has 1 saturated heterocycles. The summed E-state index contributed by atoms with van der Waals surface area (Å²) in [5.74, 6) is 0.792. The fourth-order valence-corrected chi connectivity index (χ4v) is 4.00. The smallest absolute Gasteiger partial charge is 0.274 e. The van der Waals surface area contributed by atoms with Crippen molar-refractivity contribution >= 4 is 15.7 Å². The number of furan rings is 1. The molecule has 1 atom stereocenters. The molecular weight excluding hydrogens is 316 g/mol. The Morgan fingerprint density at radius 1 is 1.30 bits per heavy atom. The Morgan fingerprint density at radius 2 is 2.17 bits per heavy atom. The van der Waals surface area contributed by atoms with Gasteiger partial charge in [0.15, 0.2) is 0 Å². The Morgan fingerprint density at radius 3 is 2.91 bits per heavy atom. The molecule has 1 aliphatic rings. The lowest BCUT2D eigenvalue weighted by atomic mass is 10.1. The number of methoxy groups -OCH3 is 1. The topological polar surface area (TPSA) is 71.8 Å². The number of nitrogens with one attached hydrogen (secondary N) is 1. The molecule has 1 fully saturated rings. The summed E-state index contributed by atoms with van der Waals surface area (Å²) < 4.78 is 37.5. The first-order chi connectivity index (χ1) is 11.1. The molecule has 124 valence electrons. The van der Waals surface area contributed by atoms with Gasteiger partial charge in [0.25, 0.3) is 10.0 Å². The molecule has 23 heavy (non-hydrogen) atoms. The third-order valence-electron chi connectivity index (χ3n) is 3.92. The third kappa shape index (κ3) is 3.68. The Labute approximate surface area is 136 Å². The summed E-state index contributed by atoms with van der Waals surface area (Å²) in [5.41, 5.74) is 1.03. The fraction of sp³-hybridized carbons (Fsp3) is 0.375. The molecular formula is C16H20N2O4S. The summed E-state index contributed by atoms with van der Waals surface area (Å²) in [4.78, 5) is 2.17. The molecule has 0 bridgehead atoms. The number of hydrogen-bond donors (Lipinski definition) is 1. The standard InChI is InChI=1S/C16H20N2O4S/c1-21-15-7-2-6-14(11-15)18-9-3-5-13(12-18)17-23(19,20)16-8-4-10-22-16/h2,4,6-8,10-11,13,17H,3,5,9,12H2,1H3/t13-/m1/s1. The van der Waals surface area contributed by atoms with Crippen molar-refractivity contribution in [2.75, 3.05) is 25.1 Å². The van der Waals surface area contributed by atoms with Gasteiger partial charge in [0.05, 0.1) is 13.4 Å². The number of benzene rings is 1. The molecule has 0 saturated carbocycles. The zero-order chi connectivity index (χ0) is 16.3. The van der Waals surface area contributed by atoms with Gasteiger partial charge < -0.3 is 14.1 Å². The molecule has 0 aliphatic carbocycles. The van der Waals surface area contributed by atoms with Crippen LogP contribution in [0.3, 0.4) is 0 Å².